The first-order chi connectivity index (χ1) is 8.51. The highest BCUT2D eigenvalue weighted by atomic mass is 32.4. The molecule has 0 amide bonds. The smallest absolute Gasteiger partial charge is 0.114 e. The van der Waals surface area contributed by atoms with Gasteiger partial charge in [-0.1, -0.05) is 50.0 Å². The van der Waals surface area contributed by atoms with Gasteiger partial charge in [0.05, 0.1) is 5.69 Å². The Balaban J connectivity index is 2.63. The lowest BCUT2D eigenvalue weighted by atomic mass is 10.1. The largest absolute Gasteiger partial charge is 0.260 e. The second-order valence-corrected chi connectivity index (χ2v) is 14.4. The molecule has 0 bridgehead atoms. The van der Waals surface area contributed by atoms with E-state index in [1.807, 2.05) is 24.3 Å². The molecule has 0 aromatic heterocycles. The molecule has 0 saturated heterocycles. The molecule has 2 rings (SSSR count). The Morgan fingerprint density at radius 2 is 1.78 bits per heavy atom. The molecule has 0 atom stereocenters. The van der Waals surface area contributed by atoms with E-state index in [0.717, 1.165) is 5.69 Å². The summed E-state index contributed by atoms with van der Waals surface area (Å²) in [7, 11) is -1.20. The molecule has 2 aromatic carbocycles. The second-order valence-electron chi connectivity index (χ2n) is 5.24. The summed E-state index contributed by atoms with van der Waals surface area (Å²) in [5.74, 6) is 0. The van der Waals surface area contributed by atoms with Crippen molar-refractivity contribution in [3.8, 4) is 0 Å². The predicted octanol–water partition coefficient (Wildman–Crippen LogP) is 5.49. The molecule has 3 heteroatoms. The van der Waals surface area contributed by atoms with Crippen molar-refractivity contribution in [1.29, 1.82) is 0 Å². The molecule has 0 aliphatic carbocycles. The fourth-order valence-electron chi connectivity index (χ4n) is 1.91. The zero-order chi connectivity index (χ0) is 13.2. The summed E-state index contributed by atoms with van der Waals surface area (Å²) in [6, 6.07) is 12.9. The zero-order valence-corrected chi connectivity index (χ0v) is 13.2. The topological polar surface area (TPSA) is 12.4 Å². The number of benzene rings is 2. The molecule has 0 radical (unpaired) electrons. The van der Waals surface area contributed by atoms with Gasteiger partial charge >= 0.3 is 0 Å². The summed E-state index contributed by atoms with van der Waals surface area (Å²) in [6.07, 6.45) is 1.88. The first-order valence-electron chi connectivity index (χ1n) is 6.21. The van der Waals surface area contributed by atoms with Crippen LogP contribution in [0.2, 0.25) is 19.6 Å². The molecular formula is C15H19NSSi. The van der Waals surface area contributed by atoms with Crippen molar-refractivity contribution in [3.05, 3.63) is 36.4 Å². The summed E-state index contributed by atoms with van der Waals surface area (Å²) in [6.45, 7) is 9.08. The Morgan fingerprint density at radius 3 is 2.44 bits per heavy atom. The van der Waals surface area contributed by atoms with Gasteiger partial charge < -0.3 is 0 Å². The first kappa shape index (κ1) is 13.4. The molecule has 0 fully saturated rings. The molecule has 0 aliphatic rings. The van der Waals surface area contributed by atoms with Crippen LogP contribution in [-0.4, -0.2) is 13.4 Å². The van der Waals surface area contributed by atoms with Crippen molar-refractivity contribution in [2.75, 3.05) is 0 Å². The molecule has 0 heterocycles. The van der Waals surface area contributed by atoms with Crippen molar-refractivity contribution in [2.24, 2.45) is 4.99 Å². The van der Waals surface area contributed by atoms with Crippen LogP contribution in [0.4, 0.5) is 5.69 Å². The van der Waals surface area contributed by atoms with Crippen LogP contribution >= 0.6 is 11.2 Å². The van der Waals surface area contributed by atoms with Gasteiger partial charge in [-0.15, -0.1) is 11.2 Å². The molecule has 0 saturated carbocycles. The van der Waals surface area contributed by atoms with Crippen molar-refractivity contribution < 1.29 is 0 Å². The molecule has 1 nitrogen and oxygen atoms in total. The SMILES string of the molecule is CC=Nc1c(S[Si](C)(C)C)ccc2ccccc12. The molecule has 2 aromatic rings. The lowest BCUT2D eigenvalue weighted by Crippen LogP contribution is -2.13. The summed E-state index contributed by atoms with van der Waals surface area (Å²) in [4.78, 5) is 5.91. The molecule has 0 N–H and O–H groups in total. The highest BCUT2D eigenvalue weighted by Crippen LogP contribution is 2.40. The minimum Gasteiger partial charge on any atom is -0.260 e. The van der Waals surface area contributed by atoms with E-state index in [9.17, 15) is 0 Å². The standard InChI is InChI=1S/C15H19NSSi/c1-5-16-15-13-9-7-6-8-12(13)10-11-14(15)17-18(2,3)4/h5-11H,1-4H3. The Bertz CT molecular complexity index is 585. The van der Waals surface area contributed by atoms with Crippen LogP contribution in [0.25, 0.3) is 10.8 Å². The monoisotopic (exact) mass is 273 g/mol. The van der Waals surface area contributed by atoms with Gasteiger partial charge in [0.1, 0.15) is 7.22 Å². The quantitative estimate of drug-likeness (QED) is 0.532. The predicted molar refractivity (Wildman–Crippen MR) is 87.0 cm³/mol. The van der Waals surface area contributed by atoms with Gasteiger partial charge in [0.2, 0.25) is 0 Å². The Hall–Kier alpha value is -1.06. The van der Waals surface area contributed by atoms with Gasteiger partial charge in [0, 0.05) is 16.5 Å². The van der Waals surface area contributed by atoms with Crippen molar-refractivity contribution in [1.82, 2.24) is 0 Å². The minimum absolute atomic E-state index is 1.13. The van der Waals surface area contributed by atoms with Gasteiger partial charge in [-0.2, -0.15) is 0 Å². The van der Waals surface area contributed by atoms with Gasteiger partial charge in [0.15, 0.2) is 0 Å². The second kappa shape index (κ2) is 5.29. The summed E-state index contributed by atoms with van der Waals surface area (Å²) in [5.41, 5.74) is 1.13. The summed E-state index contributed by atoms with van der Waals surface area (Å²) in [5, 5.41) is 2.51. The fraction of sp³-hybridized carbons (Fsp3) is 0.267. The lowest BCUT2D eigenvalue weighted by molar-refractivity contribution is 1.42. The van der Waals surface area contributed by atoms with Crippen LogP contribution in [0.1, 0.15) is 6.92 Å². The maximum absolute atomic E-state index is 4.60. The van der Waals surface area contributed by atoms with Crippen molar-refractivity contribution in [3.63, 3.8) is 0 Å². The molecule has 0 spiro atoms. The van der Waals surface area contributed by atoms with Crippen LogP contribution in [0.15, 0.2) is 46.3 Å². The minimum atomic E-state index is -1.20. The lowest BCUT2D eigenvalue weighted by Gasteiger charge is -2.17. The third-order valence-corrected chi connectivity index (χ3v) is 6.20. The average Bonchev–Trinajstić information content (AvgIpc) is 2.31. The average molecular weight is 273 g/mol. The van der Waals surface area contributed by atoms with Crippen LogP contribution in [0.5, 0.6) is 0 Å². The van der Waals surface area contributed by atoms with Crippen LogP contribution in [-0.2, 0) is 0 Å². The fourth-order valence-corrected chi connectivity index (χ4v) is 5.44. The van der Waals surface area contributed by atoms with E-state index in [2.05, 4.69) is 61.0 Å². The summed E-state index contributed by atoms with van der Waals surface area (Å²) >= 11 is 2.01. The third kappa shape index (κ3) is 3.03. The molecule has 18 heavy (non-hydrogen) atoms. The van der Waals surface area contributed by atoms with E-state index in [-0.39, 0.29) is 0 Å². The number of hydrogen-bond acceptors (Lipinski definition) is 2. The maximum atomic E-state index is 4.60. The number of fused-ring (bicyclic) bond motifs is 1. The molecule has 0 aliphatic heterocycles. The molecule has 0 unspecified atom stereocenters. The first-order valence-corrected chi connectivity index (χ1v) is 11.2. The van der Waals surface area contributed by atoms with Crippen LogP contribution in [0, 0.1) is 0 Å². The maximum Gasteiger partial charge on any atom is 0.114 e. The van der Waals surface area contributed by atoms with Gasteiger partial charge in [0.25, 0.3) is 0 Å². The van der Waals surface area contributed by atoms with E-state index in [4.69, 9.17) is 0 Å². The Morgan fingerprint density at radius 1 is 1.06 bits per heavy atom. The number of nitrogens with zero attached hydrogens (tertiary/aromatic N) is 1. The van der Waals surface area contributed by atoms with E-state index in [1.165, 1.54) is 15.7 Å². The van der Waals surface area contributed by atoms with Crippen molar-refractivity contribution in [2.45, 2.75) is 31.5 Å². The van der Waals surface area contributed by atoms with Crippen LogP contribution < -0.4 is 0 Å². The zero-order valence-electron chi connectivity index (χ0n) is 11.4. The highest BCUT2D eigenvalue weighted by Gasteiger charge is 2.18. The molecular weight excluding hydrogens is 254 g/mol. The molecule has 94 valence electrons. The number of aliphatic imine (C=N–C) groups is 1. The van der Waals surface area contributed by atoms with Gasteiger partial charge in [-0.25, -0.2) is 0 Å². The van der Waals surface area contributed by atoms with Crippen LogP contribution in [0.3, 0.4) is 0 Å². The number of hydrogen-bond donors (Lipinski definition) is 0. The van der Waals surface area contributed by atoms with E-state index < -0.39 is 7.22 Å². The van der Waals surface area contributed by atoms with E-state index >= 15 is 0 Å². The van der Waals surface area contributed by atoms with E-state index in [0.29, 0.717) is 0 Å². The number of rotatable bonds is 3. The Labute approximate surface area is 114 Å². The Kier molecular flexibility index (Phi) is 3.93. The van der Waals surface area contributed by atoms with Gasteiger partial charge in [-0.05, 0) is 18.4 Å². The van der Waals surface area contributed by atoms with Gasteiger partial charge in [-0.3, -0.25) is 4.99 Å². The highest BCUT2D eigenvalue weighted by molar-refractivity contribution is 8.28. The third-order valence-electron chi connectivity index (χ3n) is 2.54. The summed E-state index contributed by atoms with van der Waals surface area (Å²) < 4.78 is 0. The van der Waals surface area contributed by atoms with Crippen molar-refractivity contribution >= 4 is 41.1 Å². The van der Waals surface area contributed by atoms with E-state index in [1.54, 1.807) is 0 Å². The normalized spacial score (nSPS) is 12.4.